The van der Waals surface area contributed by atoms with E-state index in [9.17, 15) is 0 Å². The summed E-state index contributed by atoms with van der Waals surface area (Å²) in [6.45, 7) is 1.93. The third-order valence-corrected chi connectivity index (χ3v) is 1.25. The van der Waals surface area contributed by atoms with Crippen LogP contribution < -0.4 is 0 Å². The molecule has 1 saturated carbocycles. The topological polar surface area (TPSA) is 20.2 Å². The Bertz CT molecular complexity index is 23.8. The smallest absolute Gasteiger partial charge is 0.0402 e. The van der Waals surface area contributed by atoms with Crippen LogP contribution in [0, 0.1) is 0 Å². The number of hydrogen-bond acceptors (Lipinski definition) is 1. The molecule has 0 heterocycles. The molecule has 0 aliphatic heterocycles. The van der Waals surface area contributed by atoms with E-state index in [1.54, 1.807) is 6.92 Å². The first-order valence-electron chi connectivity index (χ1n) is 3.52. The molecule has 0 aromatic rings. The third-order valence-electron chi connectivity index (χ3n) is 1.25. The largest absolute Gasteiger partial charge is 0.397 e. The molecule has 0 saturated heterocycles. The maximum Gasteiger partial charge on any atom is 0.0402 e. The van der Waals surface area contributed by atoms with E-state index in [2.05, 4.69) is 0 Å². The van der Waals surface area contributed by atoms with Crippen molar-refractivity contribution in [2.75, 3.05) is 6.61 Å². The SMILES string of the molecule is C1CCCC1.CCO. The van der Waals surface area contributed by atoms with Gasteiger partial charge in [-0.2, -0.15) is 0 Å². The quantitative estimate of drug-likeness (QED) is 0.513. The van der Waals surface area contributed by atoms with Gasteiger partial charge in [-0.3, -0.25) is 0 Å². The van der Waals surface area contributed by atoms with Crippen molar-refractivity contribution in [2.24, 2.45) is 0 Å². The average molecular weight is 116 g/mol. The van der Waals surface area contributed by atoms with Gasteiger partial charge in [0, 0.05) is 6.61 Å². The first-order chi connectivity index (χ1) is 3.91. The second-order valence-corrected chi connectivity index (χ2v) is 2.08. The van der Waals surface area contributed by atoms with Crippen molar-refractivity contribution in [3.8, 4) is 0 Å². The van der Waals surface area contributed by atoms with Crippen LogP contribution in [0.5, 0.6) is 0 Å². The van der Waals surface area contributed by atoms with Crippen LogP contribution in [0.25, 0.3) is 0 Å². The van der Waals surface area contributed by atoms with E-state index in [-0.39, 0.29) is 6.61 Å². The van der Waals surface area contributed by atoms with Gasteiger partial charge < -0.3 is 5.11 Å². The zero-order chi connectivity index (χ0) is 6.24. The Kier molecular flexibility index (Phi) is 6.93. The van der Waals surface area contributed by atoms with Gasteiger partial charge in [-0.15, -0.1) is 0 Å². The lowest BCUT2D eigenvalue weighted by atomic mass is 10.4. The van der Waals surface area contributed by atoms with E-state index in [0.717, 1.165) is 0 Å². The number of aliphatic hydroxyl groups is 1. The summed E-state index contributed by atoms with van der Waals surface area (Å²) in [7, 11) is 0. The Morgan fingerprint density at radius 1 is 1.00 bits per heavy atom. The highest BCUT2D eigenvalue weighted by atomic mass is 16.2. The molecule has 0 spiro atoms. The molecule has 0 aromatic heterocycles. The van der Waals surface area contributed by atoms with Gasteiger partial charge in [-0.05, 0) is 6.92 Å². The molecule has 8 heavy (non-hydrogen) atoms. The molecule has 0 amide bonds. The third kappa shape index (κ3) is 5.96. The fourth-order valence-electron chi connectivity index (χ4n) is 0.884. The zero-order valence-electron chi connectivity index (χ0n) is 5.69. The van der Waals surface area contributed by atoms with E-state index >= 15 is 0 Å². The van der Waals surface area contributed by atoms with Crippen molar-refractivity contribution in [2.45, 2.75) is 39.0 Å². The first kappa shape index (κ1) is 7.96. The summed E-state index contributed by atoms with van der Waals surface area (Å²) in [5.41, 5.74) is 0. The second kappa shape index (κ2) is 6.96. The maximum atomic E-state index is 7.57. The van der Waals surface area contributed by atoms with E-state index in [4.69, 9.17) is 5.11 Å². The summed E-state index contributed by atoms with van der Waals surface area (Å²) in [6, 6.07) is 0. The van der Waals surface area contributed by atoms with Crippen molar-refractivity contribution in [3.63, 3.8) is 0 Å². The van der Waals surface area contributed by atoms with Crippen LogP contribution in [0.1, 0.15) is 39.0 Å². The van der Waals surface area contributed by atoms with Crippen LogP contribution >= 0.6 is 0 Å². The Morgan fingerprint density at radius 3 is 1.25 bits per heavy atom. The molecule has 0 unspecified atom stereocenters. The van der Waals surface area contributed by atoms with Gasteiger partial charge in [-0.1, -0.05) is 32.1 Å². The lowest BCUT2D eigenvalue weighted by Gasteiger charge is -1.67. The number of rotatable bonds is 0. The molecule has 1 aliphatic rings. The summed E-state index contributed by atoms with van der Waals surface area (Å²) in [6.07, 6.45) is 7.50. The molecule has 1 nitrogen and oxygen atoms in total. The van der Waals surface area contributed by atoms with Crippen LogP contribution in [-0.2, 0) is 0 Å². The van der Waals surface area contributed by atoms with Gasteiger partial charge in [0.1, 0.15) is 0 Å². The minimum atomic E-state index is 0.250. The molecule has 0 radical (unpaired) electrons. The van der Waals surface area contributed by atoms with Crippen molar-refractivity contribution in [1.29, 1.82) is 0 Å². The Balaban J connectivity index is 0.000000145. The maximum absolute atomic E-state index is 7.57. The first-order valence-corrected chi connectivity index (χ1v) is 3.52. The summed E-state index contributed by atoms with van der Waals surface area (Å²) in [5.74, 6) is 0. The van der Waals surface area contributed by atoms with Crippen molar-refractivity contribution < 1.29 is 5.11 Å². The molecule has 50 valence electrons. The highest BCUT2D eigenvalue weighted by Gasteiger charge is 1.95. The molecule has 1 fully saturated rings. The van der Waals surface area contributed by atoms with Crippen molar-refractivity contribution in [1.82, 2.24) is 0 Å². The second-order valence-electron chi connectivity index (χ2n) is 2.08. The summed E-state index contributed by atoms with van der Waals surface area (Å²) in [4.78, 5) is 0. The van der Waals surface area contributed by atoms with Crippen LogP contribution in [0.2, 0.25) is 0 Å². The van der Waals surface area contributed by atoms with Crippen molar-refractivity contribution >= 4 is 0 Å². The van der Waals surface area contributed by atoms with E-state index < -0.39 is 0 Å². The fourth-order valence-corrected chi connectivity index (χ4v) is 0.884. The monoisotopic (exact) mass is 116 g/mol. The van der Waals surface area contributed by atoms with Gasteiger partial charge in [0.25, 0.3) is 0 Å². The predicted octanol–water partition coefficient (Wildman–Crippen LogP) is 1.95. The molecule has 1 aliphatic carbocycles. The molecular weight excluding hydrogens is 100 g/mol. The lowest BCUT2D eigenvalue weighted by Crippen LogP contribution is -1.57. The van der Waals surface area contributed by atoms with E-state index in [0.29, 0.717) is 0 Å². The summed E-state index contributed by atoms with van der Waals surface area (Å²) >= 11 is 0. The molecule has 0 atom stereocenters. The van der Waals surface area contributed by atoms with Crippen LogP contribution in [0.4, 0.5) is 0 Å². The van der Waals surface area contributed by atoms with Crippen molar-refractivity contribution in [3.05, 3.63) is 0 Å². The predicted molar refractivity (Wildman–Crippen MR) is 35.8 cm³/mol. The minimum absolute atomic E-state index is 0.250. The van der Waals surface area contributed by atoms with Gasteiger partial charge in [0.2, 0.25) is 0 Å². The standard InChI is InChI=1S/C5H10.C2H6O/c1-2-4-5-3-1;1-2-3/h1-5H2;3H,2H2,1H3. The van der Waals surface area contributed by atoms with Gasteiger partial charge in [-0.25, -0.2) is 0 Å². The van der Waals surface area contributed by atoms with E-state index in [1.165, 1.54) is 32.1 Å². The molecule has 0 aromatic carbocycles. The van der Waals surface area contributed by atoms with Gasteiger partial charge >= 0.3 is 0 Å². The summed E-state index contributed by atoms with van der Waals surface area (Å²) in [5, 5.41) is 7.57. The average Bonchev–Trinajstić information content (AvgIpc) is 2.17. The normalized spacial score (nSPS) is 17.2. The minimum Gasteiger partial charge on any atom is -0.397 e. The Labute approximate surface area is 51.7 Å². The highest BCUT2D eigenvalue weighted by molar-refractivity contribution is 4.51. The Morgan fingerprint density at radius 2 is 1.12 bits per heavy atom. The number of aliphatic hydroxyl groups excluding tert-OH is 1. The highest BCUT2D eigenvalue weighted by Crippen LogP contribution is 2.15. The van der Waals surface area contributed by atoms with Crippen LogP contribution in [0.3, 0.4) is 0 Å². The molecule has 1 rings (SSSR count). The van der Waals surface area contributed by atoms with Gasteiger partial charge in [0.05, 0.1) is 0 Å². The molecule has 1 N–H and O–H groups in total. The lowest BCUT2D eigenvalue weighted by molar-refractivity contribution is 0.318. The van der Waals surface area contributed by atoms with Crippen LogP contribution in [0.15, 0.2) is 0 Å². The Hall–Kier alpha value is -0.0400. The van der Waals surface area contributed by atoms with E-state index in [1.807, 2.05) is 0 Å². The van der Waals surface area contributed by atoms with Gasteiger partial charge in [0.15, 0.2) is 0 Å². The summed E-state index contributed by atoms with van der Waals surface area (Å²) < 4.78 is 0. The number of hydrogen-bond donors (Lipinski definition) is 1. The zero-order valence-corrected chi connectivity index (χ0v) is 5.69. The molecular formula is C7H16O. The molecule has 1 heteroatoms. The van der Waals surface area contributed by atoms with Crippen LogP contribution in [-0.4, -0.2) is 11.7 Å². The fraction of sp³-hybridized carbons (Fsp3) is 1.00. The molecule has 0 bridgehead atoms.